The molecule has 0 spiro atoms. The van der Waals surface area contributed by atoms with Crippen LogP contribution < -0.4 is 5.73 Å². The fraction of sp³-hybridized carbons (Fsp3) is 0.333. The lowest BCUT2D eigenvalue weighted by Gasteiger charge is -2.25. The molecular weight excluding hydrogens is 394 g/mol. The highest BCUT2D eigenvalue weighted by Crippen LogP contribution is 2.25. The molecule has 0 saturated heterocycles. The van der Waals surface area contributed by atoms with Gasteiger partial charge in [-0.2, -0.15) is 8.42 Å². The number of benzene rings is 2. The topological polar surface area (TPSA) is 124 Å². The number of ketones is 1. The maximum atomic E-state index is 13.1. The number of hydrogen-bond acceptors (Lipinski definition) is 6. The Balaban J connectivity index is 2.36. The second-order valence-electron chi connectivity index (χ2n) is 7.71. The van der Waals surface area contributed by atoms with E-state index >= 15 is 0 Å². The van der Waals surface area contributed by atoms with Crippen LogP contribution in [0.25, 0.3) is 0 Å². The first-order valence-corrected chi connectivity index (χ1v) is 10.5. The average Bonchev–Trinajstić information content (AvgIpc) is 2.61. The monoisotopic (exact) mass is 419 g/mol. The summed E-state index contributed by atoms with van der Waals surface area (Å²) in [6.07, 6.45) is 0.238. The molecule has 7 nitrogen and oxygen atoms in total. The number of carbonyl (C=O) groups excluding carboxylic acids is 2. The summed E-state index contributed by atoms with van der Waals surface area (Å²) in [6.45, 7) is 5.04. The molecule has 156 valence electrons. The molecule has 1 unspecified atom stereocenters. The Kier molecular flexibility index (Phi) is 6.94. The van der Waals surface area contributed by atoms with Gasteiger partial charge in [-0.1, -0.05) is 42.5 Å². The molecule has 0 aromatic heterocycles. The van der Waals surface area contributed by atoms with Crippen LogP contribution >= 0.6 is 0 Å². The lowest BCUT2D eigenvalue weighted by Crippen LogP contribution is -2.41. The van der Waals surface area contributed by atoms with Crippen molar-refractivity contribution in [3.8, 4) is 0 Å². The number of carbonyl (C=O) groups is 2. The van der Waals surface area contributed by atoms with Crippen molar-refractivity contribution >= 4 is 21.9 Å². The molecule has 0 saturated carbocycles. The van der Waals surface area contributed by atoms with Crippen LogP contribution in [0.2, 0.25) is 0 Å². The fourth-order valence-corrected chi connectivity index (χ4v) is 3.27. The molecule has 2 rings (SSSR count). The van der Waals surface area contributed by atoms with Crippen molar-refractivity contribution in [3.63, 3.8) is 0 Å². The van der Waals surface area contributed by atoms with E-state index in [1.165, 1.54) is 12.1 Å². The van der Waals surface area contributed by atoms with Crippen LogP contribution in [0.3, 0.4) is 0 Å². The Morgan fingerprint density at radius 1 is 1.03 bits per heavy atom. The minimum atomic E-state index is -4.40. The normalized spacial score (nSPS) is 14.1. The molecule has 0 fully saturated rings. The molecule has 29 heavy (non-hydrogen) atoms. The predicted octanol–water partition coefficient (Wildman–Crippen LogP) is 2.50. The zero-order chi connectivity index (χ0) is 21.8. The number of Topliss-reactive ketones (excluding diaryl/α,β-unsaturated/α-hetero) is 1. The van der Waals surface area contributed by atoms with Gasteiger partial charge in [0.1, 0.15) is 11.5 Å². The highest BCUT2D eigenvalue weighted by Gasteiger charge is 2.35. The van der Waals surface area contributed by atoms with Crippen molar-refractivity contribution in [1.82, 2.24) is 0 Å². The summed E-state index contributed by atoms with van der Waals surface area (Å²) in [4.78, 5) is 25.5. The molecule has 8 heteroatoms. The van der Waals surface area contributed by atoms with Crippen LogP contribution in [0.4, 0.5) is 0 Å². The van der Waals surface area contributed by atoms with Crippen LogP contribution in [0.5, 0.6) is 0 Å². The Bertz CT molecular complexity index is 962. The molecule has 0 aliphatic heterocycles. The number of hydrogen-bond donors (Lipinski definition) is 2. The Labute approximate surface area is 170 Å². The van der Waals surface area contributed by atoms with E-state index in [1.54, 1.807) is 20.8 Å². The van der Waals surface area contributed by atoms with Crippen LogP contribution in [0.15, 0.2) is 59.5 Å². The highest BCUT2D eigenvalue weighted by atomic mass is 32.2. The van der Waals surface area contributed by atoms with Gasteiger partial charge in [0.25, 0.3) is 10.1 Å². The van der Waals surface area contributed by atoms with Crippen molar-refractivity contribution in [2.24, 2.45) is 5.73 Å². The number of nitrogens with two attached hydrogens (primary N) is 1. The average molecular weight is 419 g/mol. The first kappa shape index (κ1) is 22.7. The van der Waals surface area contributed by atoms with Gasteiger partial charge in [-0.3, -0.25) is 14.1 Å². The molecule has 2 aromatic rings. The van der Waals surface area contributed by atoms with Crippen LogP contribution in [-0.2, 0) is 30.9 Å². The van der Waals surface area contributed by atoms with Crippen molar-refractivity contribution in [3.05, 3.63) is 65.7 Å². The van der Waals surface area contributed by atoms with E-state index in [0.717, 1.165) is 17.7 Å². The SMILES string of the molecule is CC(C)(C)OC(=O)[C@H](C(=O)C(N)Cc1ccccc1)c1ccc(S(=O)(=O)O)cc1. The number of ether oxygens (including phenoxy) is 1. The molecule has 0 radical (unpaired) electrons. The Hall–Kier alpha value is -2.55. The predicted molar refractivity (Wildman–Crippen MR) is 108 cm³/mol. The third-order valence-electron chi connectivity index (χ3n) is 4.10. The van der Waals surface area contributed by atoms with Gasteiger partial charge in [0.05, 0.1) is 10.9 Å². The van der Waals surface area contributed by atoms with Gasteiger partial charge in [0.15, 0.2) is 5.78 Å². The van der Waals surface area contributed by atoms with Crippen molar-refractivity contribution in [1.29, 1.82) is 0 Å². The largest absolute Gasteiger partial charge is 0.459 e. The fourth-order valence-electron chi connectivity index (χ4n) is 2.79. The zero-order valence-electron chi connectivity index (χ0n) is 16.5. The number of rotatable bonds is 7. The third-order valence-corrected chi connectivity index (χ3v) is 4.97. The second-order valence-corrected chi connectivity index (χ2v) is 9.13. The molecule has 0 heterocycles. The summed E-state index contributed by atoms with van der Waals surface area (Å²) in [5, 5.41) is 0. The van der Waals surface area contributed by atoms with Crippen LogP contribution in [0, 0.1) is 0 Å². The van der Waals surface area contributed by atoms with Crippen molar-refractivity contribution in [2.75, 3.05) is 0 Å². The maximum Gasteiger partial charge on any atom is 0.321 e. The summed E-state index contributed by atoms with van der Waals surface area (Å²) in [7, 11) is -4.40. The molecule has 0 amide bonds. The van der Waals surface area contributed by atoms with Gasteiger partial charge in [0, 0.05) is 0 Å². The molecule has 2 aromatic carbocycles. The molecule has 0 aliphatic rings. The van der Waals surface area contributed by atoms with Crippen molar-refractivity contribution in [2.45, 2.75) is 49.6 Å². The van der Waals surface area contributed by atoms with E-state index < -0.39 is 39.4 Å². The second kappa shape index (κ2) is 8.86. The van der Waals surface area contributed by atoms with Gasteiger partial charge in [-0.25, -0.2) is 0 Å². The van der Waals surface area contributed by atoms with Crippen LogP contribution in [0.1, 0.15) is 37.8 Å². The first-order chi connectivity index (χ1) is 13.4. The molecular formula is C21H25NO6S. The van der Waals surface area contributed by atoms with E-state index in [4.69, 9.17) is 15.0 Å². The molecule has 3 N–H and O–H groups in total. The Morgan fingerprint density at radius 2 is 1.59 bits per heavy atom. The quantitative estimate of drug-likeness (QED) is 0.401. The summed E-state index contributed by atoms with van der Waals surface area (Å²) >= 11 is 0. The lowest BCUT2D eigenvalue weighted by molar-refractivity contribution is -0.158. The van der Waals surface area contributed by atoms with E-state index in [-0.39, 0.29) is 16.9 Å². The van der Waals surface area contributed by atoms with E-state index in [9.17, 15) is 18.0 Å². The minimum Gasteiger partial charge on any atom is -0.459 e. The summed E-state index contributed by atoms with van der Waals surface area (Å²) < 4.78 is 37.0. The van der Waals surface area contributed by atoms with Gasteiger partial charge < -0.3 is 10.5 Å². The van der Waals surface area contributed by atoms with Gasteiger partial charge in [-0.15, -0.1) is 0 Å². The lowest BCUT2D eigenvalue weighted by atomic mass is 9.88. The maximum absolute atomic E-state index is 13.1. The van der Waals surface area contributed by atoms with E-state index in [0.29, 0.717) is 0 Å². The standard InChI is InChI=1S/C21H25NO6S/c1-21(2,3)28-20(24)18(15-9-11-16(12-10-15)29(25,26)27)19(23)17(22)13-14-7-5-4-6-8-14/h4-12,17-18H,13,22H2,1-3H3,(H,25,26,27)/t17?,18-/m0/s1. The Morgan fingerprint density at radius 3 is 2.07 bits per heavy atom. The van der Waals surface area contributed by atoms with Crippen LogP contribution in [-0.4, -0.2) is 36.4 Å². The van der Waals surface area contributed by atoms with Crippen molar-refractivity contribution < 1.29 is 27.3 Å². The molecule has 0 bridgehead atoms. The summed E-state index contributed by atoms with van der Waals surface area (Å²) in [5.41, 5.74) is 6.35. The van der Waals surface area contributed by atoms with E-state index in [1.807, 2.05) is 30.3 Å². The summed E-state index contributed by atoms with van der Waals surface area (Å²) in [6, 6.07) is 13.0. The zero-order valence-corrected chi connectivity index (χ0v) is 17.3. The first-order valence-electron chi connectivity index (χ1n) is 9.02. The van der Waals surface area contributed by atoms with Gasteiger partial charge in [-0.05, 0) is 50.5 Å². The molecule has 2 atom stereocenters. The van der Waals surface area contributed by atoms with E-state index in [2.05, 4.69) is 0 Å². The van der Waals surface area contributed by atoms with Gasteiger partial charge in [0.2, 0.25) is 0 Å². The summed E-state index contributed by atoms with van der Waals surface area (Å²) in [5.74, 6) is -2.63. The third kappa shape index (κ3) is 6.49. The highest BCUT2D eigenvalue weighted by molar-refractivity contribution is 7.85. The molecule has 0 aliphatic carbocycles. The minimum absolute atomic E-state index is 0.236. The number of esters is 1. The van der Waals surface area contributed by atoms with Gasteiger partial charge >= 0.3 is 5.97 Å². The smallest absolute Gasteiger partial charge is 0.321 e.